The first kappa shape index (κ1) is 12.6. The molecule has 5 heteroatoms. The summed E-state index contributed by atoms with van der Waals surface area (Å²) in [5.74, 6) is -0.0437. The van der Waals surface area contributed by atoms with Crippen LogP contribution < -0.4 is 5.32 Å². The molecule has 0 aliphatic heterocycles. The first-order valence-corrected chi connectivity index (χ1v) is 7.41. The highest BCUT2D eigenvalue weighted by molar-refractivity contribution is 7.11. The maximum atomic E-state index is 12.2. The summed E-state index contributed by atoms with van der Waals surface area (Å²) >= 11 is 7.55. The highest BCUT2D eigenvalue weighted by Crippen LogP contribution is 2.35. The van der Waals surface area contributed by atoms with E-state index >= 15 is 0 Å². The smallest absolute Gasteiger partial charge is 0.263 e. The van der Waals surface area contributed by atoms with Gasteiger partial charge in [-0.1, -0.05) is 23.7 Å². The molecular formula is C14H13ClN2OS. The molecule has 1 aliphatic rings. The van der Waals surface area contributed by atoms with Crippen molar-refractivity contribution in [3.05, 3.63) is 50.4 Å². The predicted molar refractivity (Wildman–Crippen MR) is 76.8 cm³/mol. The lowest BCUT2D eigenvalue weighted by Gasteiger charge is -2.13. The van der Waals surface area contributed by atoms with Gasteiger partial charge >= 0.3 is 0 Å². The molecule has 0 spiro atoms. The molecule has 0 unspecified atom stereocenters. The Morgan fingerprint density at radius 1 is 1.53 bits per heavy atom. The number of amides is 1. The molecule has 1 aromatic carbocycles. The van der Waals surface area contributed by atoms with Gasteiger partial charge in [-0.05, 0) is 37.0 Å². The van der Waals surface area contributed by atoms with E-state index in [9.17, 15) is 4.79 Å². The molecule has 1 aliphatic carbocycles. The van der Waals surface area contributed by atoms with Gasteiger partial charge in [0.05, 0.1) is 17.2 Å². The van der Waals surface area contributed by atoms with Gasteiger partial charge in [-0.15, -0.1) is 11.3 Å². The number of rotatable bonds is 2. The van der Waals surface area contributed by atoms with E-state index in [4.69, 9.17) is 11.6 Å². The standard InChI is InChI=1S/C14H13ClN2OS/c1-8-13(19-7-16-8)14(18)17-12-6-5-9-10(12)3-2-4-11(9)15/h2-4,7,12H,5-6H2,1H3,(H,17,18)/t12-/m1/s1. The molecular weight excluding hydrogens is 280 g/mol. The quantitative estimate of drug-likeness (QED) is 0.920. The Labute approximate surface area is 120 Å². The van der Waals surface area contributed by atoms with Crippen LogP contribution in [0.3, 0.4) is 0 Å². The predicted octanol–water partition coefficient (Wildman–Crippen LogP) is 3.52. The van der Waals surface area contributed by atoms with Gasteiger partial charge in [-0.2, -0.15) is 0 Å². The van der Waals surface area contributed by atoms with Crippen LogP contribution in [0.4, 0.5) is 0 Å². The maximum Gasteiger partial charge on any atom is 0.263 e. The summed E-state index contributed by atoms with van der Waals surface area (Å²) in [6, 6.07) is 5.93. The third-order valence-corrected chi connectivity index (χ3v) is 4.75. The second-order valence-corrected chi connectivity index (χ2v) is 5.90. The van der Waals surface area contributed by atoms with Gasteiger partial charge < -0.3 is 5.32 Å². The van der Waals surface area contributed by atoms with Crippen molar-refractivity contribution in [1.29, 1.82) is 0 Å². The Kier molecular flexibility index (Phi) is 3.29. The van der Waals surface area contributed by atoms with E-state index < -0.39 is 0 Å². The first-order valence-electron chi connectivity index (χ1n) is 6.15. The van der Waals surface area contributed by atoms with Gasteiger partial charge in [0.2, 0.25) is 0 Å². The van der Waals surface area contributed by atoms with Crippen molar-refractivity contribution in [2.24, 2.45) is 0 Å². The average Bonchev–Trinajstić information content (AvgIpc) is 2.97. The second kappa shape index (κ2) is 4.94. The number of benzene rings is 1. The van der Waals surface area contributed by atoms with E-state index in [0.29, 0.717) is 4.88 Å². The van der Waals surface area contributed by atoms with Crippen molar-refractivity contribution in [3.8, 4) is 0 Å². The van der Waals surface area contributed by atoms with E-state index in [1.807, 2.05) is 25.1 Å². The zero-order valence-corrected chi connectivity index (χ0v) is 12.0. The number of carbonyl (C=O) groups excluding carboxylic acids is 1. The third-order valence-electron chi connectivity index (χ3n) is 3.47. The summed E-state index contributed by atoms with van der Waals surface area (Å²) in [6.45, 7) is 1.85. The van der Waals surface area contributed by atoms with Gasteiger partial charge in [-0.3, -0.25) is 4.79 Å². The molecule has 3 nitrogen and oxygen atoms in total. The van der Waals surface area contributed by atoms with E-state index in [2.05, 4.69) is 10.3 Å². The summed E-state index contributed by atoms with van der Waals surface area (Å²) in [5, 5.41) is 3.87. The van der Waals surface area contributed by atoms with Gasteiger partial charge in [0.15, 0.2) is 0 Å². The molecule has 0 saturated heterocycles. The third kappa shape index (κ3) is 2.26. The topological polar surface area (TPSA) is 42.0 Å². The molecule has 0 bridgehead atoms. The molecule has 19 heavy (non-hydrogen) atoms. The fourth-order valence-corrected chi connectivity index (χ4v) is 3.49. The van der Waals surface area contributed by atoms with Crippen molar-refractivity contribution in [2.75, 3.05) is 0 Å². The van der Waals surface area contributed by atoms with Crippen LogP contribution in [0, 0.1) is 6.92 Å². The highest BCUT2D eigenvalue weighted by Gasteiger charge is 2.26. The molecule has 1 N–H and O–H groups in total. The summed E-state index contributed by atoms with van der Waals surface area (Å²) in [4.78, 5) is 17.0. The number of hydrogen-bond donors (Lipinski definition) is 1. The zero-order chi connectivity index (χ0) is 13.4. The molecule has 2 aromatic rings. The van der Waals surface area contributed by atoms with Gasteiger partial charge in [-0.25, -0.2) is 4.98 Å². The van der Waals surface area contributed by atoms with Crippen LogP contribution in [0.1, 0.15) is 39.0 Å². The number of fused-ring (bicyclic) bond motifs is 1. The first-order chi connectivity index (χ1) is 9.16. The largest absolute Gasteiger partial charge is 0.344 e. The Morgan fingerprint density at radius 3 is 3.11 bits per heavy atom. The molecule has 98 valence electrons. The SMILES string of the molecule is Cc1ncsc1C(=O)N[C@@H]1CCc2c(Cl)cccc21. The van der Waals surface area contributed by atoms with E-state index in [0.717, 1.165) is 34.7 Å². The Balaban J connectivity index is 1.82. The fraction of sp³-hybridized carbons (Fsp3) is 0.286. The molecule has 1 amide bonds. The molecule has 1 heterocycles. The minimum atomic E-state index is -0.0437. The van der Waals surface area contributed by atoms with E-state index in [-0.39, 0.29) is 11.9 Å². The van der Waals surface area contributed by atoms with Crippen LogP contribution in [0.25, 0.3) is 0 Å². The lowest BCUT2D eigenvalue weighted by atomic mass is 10.1. The van der Waals surface area contributed by atoms with Crippen LogP contribution >= 0.6 is 22.9 Å². The highest BCUT2D eigenvalue weighted by atomic mass is 35.5. The zero-order valence-electron chi connectivity index (χ0n) is 10.4. The number of hydrogen-bond acceptors (Lipinski definition) is 3. The van der Waals surface area contributed by atoms with Crippen LogP contribution in [0.2, 0.25) is 5.02 Å². The Morgan fingerprint density at radius 2 is 2.37 bits per heavy atom. The summed E-state index contributed by atoms with van der Waals surface area (Å²) in [7, 11) is 0. The van der Waals surface area contributed by atoms with E-state index in [1.165, 1.54) is 11.3 Å². The number of carbonyl (C=O) groups is 1. The van der Waals surface area contributed by atoms with E-state index in [1.54, 1.807) is 5.51 Å². The van der Waals surface area contributed by atoms with Gasteiger partial charge in [0, 0.05) is 5.02 Å². The minimum absolute atomic E-state index is 0.0437. The summed E-state index contributed by atoms with van der Waals surface area (Å²) in [5.41, 5.74) is 4.79. The molecule has 0 saturated carbocycles. The van der Waals surface area contributed by atoms with Gasteiger partial charge in [0.1, 0.15) is 4.88 Å². The van der Waals surface area contributed by atoms with Crippen molar-refractivity contribution < 1.29 is 4.79 Å². The number of halogens is 1. The fourth-order valence-electron chi connectivity index (χ4n) is 2.50. The number of nitrogens with zero attached hydrogens (tertiary/aromatic N) is 1. The maximum absolute atomic E-state index is 12.2. The second-order valence-electron chi connectivity index (χ2n) is 4.64. The number of thiazole rings is 1. The van der Waals surface area contributed by atoms with Crippen molar-refractivity contribution in [2.45, 2.75) is 25.8 Å². The van der Waals surface area contributed by atoms with Crippen LogP contribution in [-0.2, 0) is 6.42 Å². The molecule has 3 rings (SSSR count). The lowest BCUT2D eigenvalue weighted by Crippen LogP contribution is -2.26. The minimum Gasteiger partial charge on any atom is -0.344 e. The van der Waals surface area contributed by atoms with Crippen LogP contribution in [-0.4, -0.2) is 10.9 Å². The molecule has 1 atom stereocenters. The van der Waals surface area contributed by atoms with Crippen molar-refractivity contribution >= 4 is 28.8 Å². The average molecular weight is 293 g/mol. The number of aryl methyl sites for hydroxylation is 1. The monoisotopic (exact) mass is 292 g/mol. The molecule has 0 fully saturated rings. The molecule has 1 aromatic heterocycles. The van der Waals surface area contributed by atoms with Gasteiger partial charge in [0.25, 0.3) is 5.91 Å². The Bertz CT molecular complexity index is 638. The molecule has 0 radical (unpaired) electrons. The summed E-state index contributed by atoms with van der Waals surface area (Å²) < 4.78 is 0. The van der Waals surface area contributed by atoms with Crippen LogP contribution in [0.15, 0.2) is 23.7 Å². The lowest BCUT2D eigenvalue weighted by molar-refractivity contribution is 0.0940. The van der Waals surface area contributed by atoms with Crippen molar-refractivity contribution in [3.63, 3.8) is 0 Å². The summed E-state index contributed by atoms with van der Waals surface area (Å²) in [6.07, 6.45) is 1.82. The number of nitrogens with one attached hydrogen (secondary N) is 1. The normalized spacial score (nSPS) is 17.3. The Hall–Kier alpha value is -1.39. The van der Waals surface area contributed by atoms with Crippen molar-refractivity contribution in [1.82, 2.24) is 10.3 Å². The number of aromatic nitrogens is 1. The van der Waals surface area contributed by atoms with Crippen LogP contribution in [0.5, 0.6) is 0 Å².